The largest absolute Gasteiger partial charge is 0.307 e. The number of hydrogen-bond acceptors (Lipinski definition) is 2. The van der Waals surface area contributed by atoms with Crippen LogP contribution < -0.4 is 5.32 Å². The minimum atomic E-state index is -0.198. The fourth-order valence-corrected chi connectivity index (χ4v) is 1.91. The van der Waals surface area contributed by atoms with Gasteiger partial charge in [0.25, 0.3) is 0 Å². The Hall–Kier alpha value is -1.39. The first-order chi connectivity index (χ1) is 9.13. The molecule has 0 radical (unpaired) electrons. The van der Waals surface area contributed by atoms with E-state index in [1.54, 1.807) is 12.1 Å². The number of hydrogen-bond donors (Lipinski definition) is 1. The van der Waals surface area contributed by atoms with Gasteiger partial charge in [-0.3, -0.25) is 4.68 Å². The van der Waals surface area contributed by atoms with Crippen molar-refractivity contribution in [2.24, 2.45) is 5.92 Å². The van der Waals surface area contributed by atoms with Crippen LogP contribution in [0.15, 0.2) is 36.5 Å². The van der Waals surface area contributed by atoms with E-state index in [4.69, 9.17) is 0 Å². The SMILES string of the molecule is CC(C)Cn1ccc(CNCc2ccc(F)cc2)n1.Cl. The first kappa shape index (κ1) is 16.7. The fraction of sp³-hybridized carbons (Fsp3) is 0.400. The van der Waals surface area contributed by atoms with E-state index < -0.39 is 0 Å². The van der Waals surface area contributed by atoms with Gasteiger partial charge >= 0.3 is 0 Å². The number of nitrogens with zero attached hydrogens (tertiary/aromatic N) is 2. The quantitative estimate of drug-likeness (QED) is 0.886. The molecule has 0 unspecified atom stereocenters. The molecule has 1 N–H and O–H groups in total. The molecule has 0 atom stereocenters. The summed E-state index contributed by atoms with van der Waals surface area (Å²) in [7, 11) is 0. The summed E-state index contributed by atoms with van der Waals surface area (Å²) in [5.74, 6) is 0.399. The van der Waals surface area contributed by atoms with Crippen molar-refractivity contribution in [1.29, 1.82) is 0 Å². The lowest BCUT2D eigenvalue weighted by atomic mass is 10.2. The third-order valence-electron chi connectivity index (χ3n) is 2.80. The summed E-state index contributed by atoms with van der Waals surface area (Å²) in [5.41, 5.74) is 2.10. The molecule has 0 saturated carbocycles. The first-order valence-electron chi connectivity index (χ1n) is 6.61. The Morgan fingerprint density at radius 1 is 1.15 bits per heavy atom. The summed E-state index contributed by atoms with van der Waals surface area (Å²) in [6.45, 7) is 6.74. The van der Waals surface area contributed by atoms with Crippen LogP contribution in [0, 0.1) is 11.7 Å². The number of nitrogens with one attached hydrogen (secondary N) is 1. The Morgan fingerprint density at radius 2 is 1.85 bits per heavy atom. The second-order valence-electron chi connectivity index (χ2n) is 5.15. The Bertz CT molecular complexity index is 508. The molecular weight excluding hydrogens is 277 g/mol. The van der Waals surface area contributed by atoms with Gasteiger partial charge < -0.3 is 5.32 Å². The Balaban J connectivity index is 0.00000200. The van der Waals surface area contributed by atoms with Crippen LogP contribution in [-0.4, -0.2) is 9.78 Å². The topological polar surface area (TPSA) is 29.9 Å². The number of rotatable bonds is 6. The average Bonchev–Trinajstić information content (AvgIpc) is 2.78. The molecule has 2 aromatic rings. The maximum absolute atomic E-state index is 12.7. The highest BCUT2D eigenvalue weighted by molar-refractivity contribution is 5.85. The zero-order chi connectivity index (χ0) is 13.7. The number of aromatic nitrogens is 2. The van der Waals surface area contributed by atoms with Crippen molar-refractivity contribution in [3.05, 3.63) is 53.6 Å². The van der Waals surface area contributed by atoms with Crippen molar-refractivity contribution in [2.75, 3.05) is 0 Å². The van der Waals surface area contributed by atoms with Crippen molar-refractivity contribution in [1.82, 2.24) is 15.1 Å². The van der Waals surface area contributed by atoms with E-state index in [2.05, 4.69) is 24.3 Å². The van der Waals surface area contributed by atoms with Gasteiger partial charge in [0.1, 0.15) is 5.82 Å². The van der Waals surface area contributed by atoms with Gasteiger partial charge in [-0.05, 0) is 29.7 Å². The van der Waals surface area contributed by atoms with E-state index in [0.717, 1.165) is 30.9 Å². The fourth-order valence-electron chi connectivity index (χ4n) is 1.91. The molecule has 0 bridgehead atoms. The lowest BCUT2D eigenvalue weighted by Crippen LogP contribution is -2.14. The molecular formula is C15H21ClFN3. The van der Waals surface area contributed by atoms with Gasteiger partial charge in [-0.2, -0.15) is 5.10 Å². The summed E-state index contributed by atoms with van der Waals surface area (Å²) in [6.07, 6.45) is 2.01. The Kier molecular flexibility index (Phi) is 6.68. The van der Waals surface area contributed by atoms with Gasteiger partial charge in [-0.15, -0.1) is 12.4 Å². The van der Waals surface area contributed by atoms with Crippen LogP contribution in [0.3, 0.4) is 0 Å². The summed E-state index contributed by atoms with van der Waals surface area (Å²) >= 11 is 0. The number of halogens is 2. The van der Waals surface area contributed by atoms with E-state index in [-0.39, 0.29) is 18.2 Å². The Morgan fingerprint density at radius 3 is 2.50 bits per heavy atom. The molecule has 0 amide bonds. The maximum Gasteiger partial charge on any atom is 0.123 e. The van der Waals surface area contributed by atoms with Crippen LogP contribution >= 0.6 is 12.4 Å². The first-order valence-corrected chi connectivity index (χ1v) is 6.61. The molecule has 0 spiro atoms. The van der Waals surface area contributed by atoms with Gasteiger partial charge in [0.05, 0.1) is 5.69 Å². The zero-order valence-electron chi connectivity index (χ0n) is 11.8. The zero-order valence-corrected chi connectivity index (χ0v) is 12.7. The van der Waals surface area contributed by atoms with Crippen molar-refractivity contribution < 1.29 is 4.39 Å². The predicted molar refractivity (Wildman–Crippen MR) is 81.3 cm³/mol. The highest BCUT2D eigenvalue weighted by Crippen LogP contribution is 2.04. The predicted octanol–water partition coefficient (Wildman–Crippen LogP) is 3.39. The average molecular weight is 298 g/mol. The normalized spacial score (nSPS) is 10.6. The van der Waals surface area contributed by atoms with Crippen molar-refractivity contribution >= 4 is 12.4 Å². The lowest BCUT2D eigenvalue weighted by Gasteiger charge is -2.05. The summed E-state index contributed by atoms with van der Waals surface area (Å²) < 4.78 is 14.7. The monoisotopic (exact) mass is 297 g/mol. The molecule has 5 heteroatoms. The number of benzene rings is 1. The van der Waals surface area contributed by atoms with Gasteiger partial charge in [-0.25, -0.2) is 4.39 Å². The highest BCUT2D eigenvalue weighted by Gasteiger charge is 2.01. The molecule has 3 nitrogen and oxygen atoms in total. The van der Waals surface area contributed by atoms with Gasteiger partial charge in [0, 0.05) is 25.8 Å². The van der Waals surface area contributed by atoms with Crippen LogP contribution in [0.5, 0.6) is 0 Å². The van der Waals surface area contributed by atoms with Crippen molar-refractivity contribution in [2.45, 2.75) is 33.5 Å². The molecule has 2 rings (SSSR count). The van der Waals surface area contributed by atoms with E-state index >= 15 is 0 Å². The standard InChI is InChI=1S/C15H20FN3.ClH/c1-12(2)11-19-8-7-15(18-19)10-17-9-13-3-5-14(16)6-4-13;/h3-8,12,17H,9-11H2,1-2H3;1H. The molecule has 110 valence electrons. The van der Waals surface area contributed by atoms with Gasteiger partial charge in [0.2, 0.25) is 0 Å². The van der Waals surface area contributed by atoms with Crippen LogP contribution in [0.1, 0.15) is 25.1 Å². The minimum absolute atomic E-state index is 0. The molecule has 1 aromatic heterocycles. The molecule has 1 heterocycles. The third kappa shape index (κ3) is 5.31. The smallest absolute Gasteiger partial charge is 0.123 e. The van der Waals surface area contributed by atoms with Crippen LogP contribution in [0.25, 0.3) is 0 Å². The molecule has 0 fully saturated rings. The van der Waals surface area contributed by atoms with E-state index in [1.165, 1.54) is 12.1 Å². The van der Waals surface area contributed by atoms with Crippen molar-refractivity contribution in [3.8, 4) is 0 Å². The van der Waals surface area contributed by atoms with E-state index in [0.29, 0.717) is 5.92 Å². The summed E-state index contributed by atoms with van der Waals surface area (Å²) in [4.78, 5) is 0. The molecule has 20 heavy (non-hydrogen) atoms. The molecule has 0 saturated heterocycles. The van der Waals surface area contributed by atoms with Crippen LogP contribution in [0.2, 0.25) is 0 Å². The lowest BCUT2D eigenvalue weighted by molar-refractivity contribution is 0.477. The van der Waals surface area contributed by atoms with Gasteiger partial charge in [-0.1, -0.05) is 26.0 Å². The molecule has 0 aliphatic carbocycles. The van der Waals surface area contributed by atoms with Crippen LogP contribution in [0.4, 0.5) is 4.39 Å². The van der Waals surface area contributed by atoms with E-state index in [9.17, 15) is 4.39 Å². The third-order valence-corrected chi connectivity index (χ3v) is 2.80. The molecule has 1 aromatic carbocycles. The molecule has 0 aliphatic rings. The molecule has 0 aliphatic heterocycles. The highest BCUT2D eigenvalue weighted by atomic mass is 35.5. The maximum atomic E-state index is 12.7. The minimum Gasteiger partial charge on any atom is -0.307 e. The second-order valence-corrected chi connectivity index (χ2v) is 5.15. The summed E-state index contributed by atoms with van der Waals surface area (Å²) in [5, 5.41) is 7.80. The van der Waals surface area contributed by atoms with Crippen molar-refractivity contribution in [3.63, 3.8) is 0 Å². The van der Waals surface area contributed by atoms with E-state index in [1.807, 2.05) is 16.9 Å². The van der Waals surface area contributed by atoms with Crippen LogP contribution in [-0.2, 0) is 19.6 Å². The van der Waals surface area contributed by atoms with Gasteiger partial charge in [0.15, 0.2) is 0 Å². The summed E-state index contributed by atoms with van der Waals surface area (Å²) in [6, 6.07) is 8.57. The second kappa shape index (κ2) is 8.02. The Labute approximate surface area is 125 Å².